The Hall–Kier alpha value is -3.89. The summed E-state index contributed by atoms with van der Waals surface area (Å²) in [4.78, 5) is 48.9. The molecule has 42 heavy (non-hydrogen) atoms. The van der Waals surface area contributed by atoms with Gasteiger partial charge in [0.15, 0.2) is 0 Å². The molecular weight excluding hydrogens is 540 g/mol. The normalized spacial score (nSPS) is 19.3. The second-order valence-electron chi connectivity index (χ2n) is 12.3. The molecule has 2 aliphatic rings. The number of nitrogens with zero attached hydrogens (tertiary/aromatic N) is 3. The molecule has 2 aromatic rings. The molecule has 4 rings (SSSR count). The van der Waals surface area contributed by atoms with E-state index >= 15 is 0 Å². The van der Waals surface area contributed by atoms with Crippen LogP contribution in [0.15, 0.2) is 24.8 Å². The first-order valence-electron chi connectivity index (χ1n) is 14.5. The van der Waals surface area contributed by atoms with E-state index in [0.717, 1.165) is 30.8 Å². The van der Waals surface area contributed by atoms with Gasteiger partial charge in [0.05, 0.1) is 31.8 Å². The Bertz CT molecular complexity index is 1330. The smallest absolute Gasteiger partial charge is 0.405 e. The van der Waals surface area contributed by atoms with Crippen LogP contribution in [-0.4, -0.2) is 76.9 Å². The molecule has 3 unspecified atom stereocenters. The Morgan fingerprint density at radius 2 is 1.88 bits per heavy atom. The van der Waals surface area contributed by atoms with E-state index < -0.39 is 41.6 Å². The average molecular weight is 583 g/mol. The number of hydrogen-bond donors (Lipinski definition) is 2. The minimum Gasteiger partial charge on any atom is -0.497 e. The number of esters is 1. The van der Waals surface area contributed by atoms with Gasteiger partial charge in [-0.15, -0.1) is 0 Å². The van der Waals surface area contributed by atoms with Crippen LogP contribution >= 0.6 is 0 Å². The van der Waals surface area contributed by atoms with Crippen molar-refractivity contribution in [2.45, 2.75) is 83.9 Å². The lowest BCUT2D eigenvalue weighted by atomic mass is 9.85. The van der Waals surface area contributed by atoms with E-state index in [2.05, 4.69) is 11.9 Å². The quantitative estimate of drug-likeness (QED) is 0.266. The van der Waals surface area contributed by atoms with Crippen LogP contribution in [0.1, 0.15) is 71.4 Å². The van der Waals surface area contributed by atoms with E-state index in [1.807, 2.05) is 12.1 Å². The summed E-state index contributed by atoms with van der Waals surface area (Å²) in [6.07, 6.45) is 4.93. The molecule has 2 fully saturated rings. The highest BCUT2D eigenvalue weighted by molar-refractivity contribution is 5.90. The number of allylic oxidation sites excluding steroid dienone is 1. The summed E-state index contributed by atoms with van der Waals surface area (Å²) < 4.78 is 16.8. The number of rotatable bonds is 12. The van der Waals surface area contributed by atoms with Crippen molar-refractivity contribution in [3.05, 3.63) is 30.5 Å². The topological polar surface area (TPSA) is 140 Å². The predicted molar refractivity (Wildman–Crippen MR) is 157 cm³/mol. The van der Waals surface area contributed by atoms with E-state index in [1.54, 1.807) is 33.9 Å². The SMILES string of the molecule is C=C(CCCCC1CC1)c1nc2ccc(OC)cc2nc1OC1CC(C(=O)OC)N(C(=O)C(NC(=O)O)C(C)(C)C)C1. The zero-order valence-corrected chi connectivity index (χ0v) is 25.1. The minimum absolute atomic E-state index is 0.0393. The largest absolute Gasteiger partial charge is 0.497 e. The summed E-state index contributed by atoms with van der Waals surface area (Å²) in [7, 11) is 2.83. The Morgan fingerprint density at radius 1 is 1.14 bits per heavy atom. The third-order valence-electron chi connectivity index (χ3n) is 7.89. The fraction of sp³-hybridized carbons (Fsp3) is 0.581. The summed E-state index contributed by atoms with van der Waals surface area (Å²) in [6.45, 7) is 9.60. The molecule has 1 aliphatic heterocycles. The first-order chi connectivity index (χ1) is 19.9. The molecule has 2 N–H and O–H groups in total. The molecule has 0 bridgehead atoms. The molecule has 228 valence electrons. The number of carbonyl (C=O) groups excluding carboxylic acids is 2. The number of methoxy groups -OCH3 is 2. The van der Waals surface area contributed by atoms with Gasteiger partial charge < -0.3 is 29.5 Å². The summed E-state index contributed by atoms with van der Waals surface area (Å²) in [6, 6.07) is 3.39. The maximum atomic E-state index is 13.7. The number of carbonyl (C=O) groups is 3. The van der Waals surface area contributed by atoms with Gasteiger partial charge in [-0.2, -0.15) is 0 Å². The van der Waals surface area contributed by atoms with Gasteiger partial charge in [-0.3, -0.25) is 4.79 Å². The van der Waals surface area contributed by atoms with E-state index in [0.29, 0.717) is 22.5 Å². The number of likely N-dealkylation sites (tertiary alicyclic amines) is 1. The fourth-order valence-electron chi connectivity index (χ4n) is 5.34. The highest BCUT2D eigenvalue weighted by atomic mass is 16.5. The minimum atomic E-state index is -1.33. The molecule has 11 nitrogen and oxygen atoms in total. The number of fused-ring (bicyclic) bond motifs is 1. The van der Waals surface area contributed by atoms with Crippen molar-refractivity contribution in [1.82, 2.24) is 20.2 Å². The molecule has 3 atom stereocenters. The van der Waals surface area contributed by atoms with Gasteiger partial charge in [-0.25, -0.2) is 19.6 Å². The maximum absolute atomic E-state index is 13.7. The van der Waals surface area contributed by atoms with Gasteiger partial charge in [0, 0.05) is 12.5 Å². The van der Waals surface area contributed by atoms with Crippen LogP contribution in [0.4, 0.5) is 4.79 Å². The number of aromatic nitrogens is 2. The van der Waals surface area contributed by atoms with Gasteiger partial charge in [0.2, 0.25) is 11.8 Å². The number of hydrogen-bond acceptors (Lipinski definition) is 8. The fourth-order valence-corrected chi connectivity index (χ4v) is 5.34. The third kappa shape index (κ3) is 7.49. The van der Waals surface area contributed by atoms with Crippen molar-refractivity contribution < 1.29 is 33.7 Å². The number of unbranched alkanes of at least 4 members (excludes halogenated alkanes) is 1. The van der Waals surface area contributed by atoms with Crippen LogP contribution in [-0.2, 0) is 14.3 Å². The van der Waals surface area contributed by atoms with Crippen LogP contribution in [0, 0.1) is 11.3 Å². The highest BCUT2D eigenvalue weighted by Gasteiger charge is 2.46. The molecular formula is C31H42N4O7. The molecule has 2 heterocycles. The number of ether oxygens (including phenoxy) is 3. The first kappa shape index (κ1) is 31.1. The molecule has 2 amide bonds. The van der Waals surface area contributed by atoms with Gasteiger partial charge >= 0.3 is 12.1 Å². The van der Waals surface area contributed by atoms with Crippen molar-refractivity contribution in [1.29, 1.82) is 0 Å². The van der Waals surface area contributed by atoms with Crippen molar-refractivity contribution in [3.8, 4) is 11.6 Å². The molecule has 1 saturated heterocycles. The summed E-state index contributed by atoms with van der Waals surface area (Å²) in [5.41, 5.74) is 1.84. The van der Waals surface area contributed by atoms with E-state index in [1.165, 1.54) is 31.3 Å². The Labute approximate surface area is 246 Å². The number of carboxylic acid groups (broad SMARTS) is 1. The van der Waals surface area contributed by atoms with Crippen LogP contribution < -0.4 is 14.8 Å². The number of amides is 2. The summed E-state index contributed by atoms with van der Waals surface area (Å²) in [5, 5.41) is 11.7. The van der Waals surface area contributed by atoms with Gasteiger partial charge in [0.25, 0.3) is 0 Å². The highest BCUT2D eigenvalue weighted by Crippen LogP contribution is 2.36. The molecule has 1 aromatic carbocycles. The lowest BCUT2D eigenvalue weighted by Crippen LogP contribution is -2.56. The van der Waals surface area contributed by atoms with Gasteiger partial charge in [-0.1, -0.05) is 53.0 Å². The molecule has 0 radical (unpaired) electrons. The number of nitrogens with one attached hydrogen (secondary N) is 1. The van der Waals surface area contributed by atoms with E-state index in [4.69, 9.17) is 24.2 Å². The van der Waals surface area contributed by atoms with Gasteiger partial charge in [-0.05, 0) is 41.9 Å². The average Bonchev–Trinajstić information content (AvgIpc) is 3.68. The Balaban J connectivity index is 1.61. The lowest BCUT2D eigenvalue weighted by Gasteiger charge is -2.34. The maximum Gasteiger partial charge on any atom is 0.405 e. The molecule has 0 spiro atoms. The monoisotopic (exact) mass is 582 g/mol. The van der Waals surface area contributed by atoms with Crippen molar-refractivity contribution in [2.75, 3.05) is 20.8 Å². The molecule has 1 aliphatic carbocycles. The van der Waals surface area contributed by atoms with Crippen molar-refractivity contribution in [3.63, 3.8) is 0 Å². The zero-order chi connectivity index (χ0) is 30.6. The molecule has 1 aromatic heterocycles. The van der Waals surface area contributed by atoms with E-state index in [9.17, 15) is 19.5 Å². The van der Waals surface area contributed by atoms with Crippen LogP contribution in [0.3, 0.4) is 0 Å². The third-order valence-corrected chi connectivity index (χ3v) is 7.89. The second-order valence-corrected chi connectivity index (χ2v) is 12.3. The first-order valence-corrected chi connectivity index (χ1v) is 14.5. The second kappa shape index (κ2) is 13.0. The van der Waals surface area contributed by atoms with Crippen LogP contribution in [0.5, 0.6) is 11.6 Å². The van der Waals surface area contributed by atoms with Crippen LogP contribution in [0.2, 0.25) is 0 Å². The molecule has 1 saturated carbocycles. The Morgan fingerprint density at radius 3 is 2.50 bits per heavy atom. The van der Waals surface area contributed by atoms with E-state index in [-0.39, 0.29) is 18.8 Å². The van der Waals surface area contributed by atoms with Crippen LogP contribution in [0.25, 0.3) is 16.6 Å². The van der Waals surface area contributed by atoms with Crippen molar-refractivity contribution >= 4 is 34.6 Å². The Kier molecular flexibility index (Phi) is 9.58. The predicted octanol–water partition coefficient (Wildman–Crippen LogP) is 4.83. The summed E-state index contributed by atoms with van der Waals surface area (Å²) in [5.74, 6) is 0.624. The zero-order valence-electron chi connectivity index (χ0n) is 25.1. The van der Waals surface area contributed by atoms with Crippen molar-refractivity contribution in [2.24, 2.45) is 11.3 Å². The molecule has 11 heteroatoms. The number of benzene rings is 1. The lowest BCUT2D eigenvalue weighted by molar-refractivity contribution is -0.152. The summed E-state index contributed by atoms with van der Waals surface area (Å²) >= 11 is 0. The van der Waals surface area contributed by atoms with Gasteiger partial charge in [0.1, 0.15) is 29.6 Å². The standard InChI is InChI=1S/C31H42N4O7/c1-18(9-7-8-10-19-11-12-19)25-27(33-23-15-20(40-5)13-14-22(23)32-25)42-21-16-24(29(37)41-6)35(17-21)28(36)26(31(2,3)4)34-30(38)39/h13-15,19,21,24,26,34H,1,7-12,16-17H2,2-6H3,(H,38,39).